The smallest absolute Gasteiger partial charge is 0.270 e. The highest BCUT2D eigenvalue weighted by molar-refractivity contribution is 6.03. The second-order valence-corrected chi connectivity index (χ2v) is 15.2. The van der Waals surface area contributed by atoms with Gasteiger partial charge in [0.05, 0.1) is 23.3 Å². The molecule has 1 atom stereocenters. The number of hydrogen-bond donors (Lipinski definition) is 3. The summed E-state index contributed by atoms with van der Waals surface area (Å²) in [6.45, 7) is 6.07. The molecule has 288 valence electrons. The van der Waals surface area contributed by atoms with Crippen LogP contribution < -0.4 is 26.0 Å². The molecular formula is C41H45N11O4. The van der Waals surface area contributed by atoms with Gasteiger partial charge in [-0.1, -0.05) is 18.2 Å². The molecule has 9 rings (SSSR count). The predicted octanol–water partition coefficient (Wildman–Crippen LogP) is 3.79. The van der Waals surface area contributed by atoms with Crippen molar-refractivity contribution < 1.29 is 19.1 Å². The number of nitrogens with two attached hydrogens (primary N) is 1. The van der Waals surface area contributed by atoms with Crippen LogP contribution in [0.4, 0.5) is 11.5 Å². The van der Waals surface area contributed by atoms with Crippen molar-refractivity contribution in [3.8, 4) is 22.8 Å². The van der Waals surface area contributed by atoms with Gasteiger partial charge in [0.25, 0.3) is 5.91 Å². The minimum atomic E-state index is -0.724. The van der Waals surface area contributed by atoms with E-state index < -0.39 is 17.9 Å². The van der Waals surface area contributed by atoms with Gasteiger partial charge in [0, 0.05) is 63.3 Å². The summed E-state index contributed by atoms with van der Waals surface area (Å²) in [5.74, 6) is 0.759. The number of hydrogen-bond acceptors (Lipinski definition) is 12. The molecule has 0 bridgehead atoms. The number of ether oxygens (including phenoxy) is 1. The van der Waals surface area contributed by atoms with Crippen LogP contribution in [0.3, 0.4) is 0 Å². The molecule has 0 spiro atoms. The van der Waals surface area contributed by atoms with Crippen LogP contribution in [-0.4, -0.2) is 110 Å². The van der Waals surface area contributed by atoms with E-state index in [0.29, 0.717) is 24.3 Å². The molecule has 6 heterocycles. The molecule has 4 aliphatic rings. The van der Waals surface area contributed by atoms with E-state index in [2.05, 4.69) is 45.0 Å². The Hall–Kier alpha value is -5.93. The molecule has 4 N–H and O–H groups in total. The topological polar surface area (TPSA) is 177 Å². The van der Waals surface area contributed by atoms with Crippen molar-refractivity contribution in [1.82, 2.24) is 45.2 Å². The van der Waals surface area contributed by atoms with Crippen molar-refractivity contribution in [3.63, 3.8) is 0 Å². The zero-order chi connectivity index (χ0) is 38.2. The summed E-state index contributed by atoms with van der Waals surface area (Å²) in [6.07, 6.45) is 8.02. The number of pyridine rings is 1. The Labute approximate surface area is 324 Å². The lowest BCUT2D eigenvalue weighted by atomic mass is 9.89. The monoisotopic (exact) mass is 755 g/mol. The summed E-state index contributed by atoms with van der Waals surface area (Å²) < 4.78 is 8.10. The number of amides is 3. The molecule has 3 aliphatic heterocycles. The molecule has 56 heavy (non-hydrogen) atoms. The second kappa shape index (κ2) is 15.3. The molecule has 15 nitrogen and oxygen atoms in total. The van der Waals surface area contributed by atoms with E-state index in [1.165, 1.54) is 6.33 Å². The Kier molecular flexibility index (Phi) is 9.77. The maximum atomic E-state index is 12.7. The maximum absolute atomic E-state index is 12.7. The zero-order valence-corrected chi connectivity index (χ0v) is 31.1. The van der Waals surface area contributed by atoms with E-state index in [-0.39, 0.29) is 24.1 Å². The maximum Gasteiger partial charge on any atom is 0.270 e. The third kappa shape index (κ3) is 7.27. The van der Waals surface area contributed by atoms with Gasteiger partial charge in [-0.2, -0.15) is 5.10 Å². The molecule has 4 fully saturated rings. The Morgan fingerprint density at radius 1 is 0.786 bits per heavy atom. The normalized spacial score (nSPS) is 22.4. The molecule has 2 aromatic carbocycles. The highest BCUT2D eigenvalue weighted by atomic mass is 16.5. The molecule has 1 saturated carbocycles. The number of rotatable bonds is 9. The van der Waals surface area contributed by atoms with Gasteiger partial charge in [-0.25, -0.2) is 19.6 Å². The average Bonchev–Trinajstić information content (AvgIpc) is 3.61. The molecular weight excluding hydrogens is 711 g/mol. The molecule has 5 aromatic rings. The van der Waals surface area contributed by atoms with E-state index in [4.69, 9.17) is 15.6 Å². The molecule has 1 aliphatic carbocycles. The standard InChI is InChI=1S/C41H45N11O4/c42-38-36-37(26-6-13-32(14-7-26)56-31-4-2-1-3-5-31)48-52(39(36)45-25-44-38)28-10-8-27(9-11-28)49-18-20-50(21-19-49)30-23-51(24-30)29-12-15-33(43-22-29)40(54)46-34-16-17-35(53)47-41(34)55/h1-7,12-15,22,25,27-28,30,34H,8-11,16-21,23-24H2,(H,46,54)(H2,42,44,45)(H,47,53,55). The third-order valence-electron chi connectivity index (χ3n) is 11.8. The number of benzene rings is 2. The summed E-state index contributed by atoms with van der Waals surface area (Å²) in [5.41, 5.74) is 10.2. The number of nitrogens with one attached hydrogen (secondary N) is 2. The van der Waals surface area contributed by atoms with Crippen LogP contribution >= 0.6 is 0 Å². The fourth-order valence-electron chi connectivity index (χ4n) is 8.56. The number of piperidine rings is 1. The van der Waals surface area contributed by atoms with Crippen LogP contribution in [0.2, 0.25) is 0 Å². The molecule has 3 saturated heterocycles. The van der Waals surface area contributed by atoms with Gasteiger partial charge >= 0.3 is 0 Å². The average molecular weight is 756 g/mol. The number of piperazine rings is 1. The Bertz CT molecular complexity index is 2210. The van der Waals surface area contributed by atoms with E-state index >= 15 is 0 Å². The SMILES string of the molecule is Nc1ncnc2c1c(-c1ccc(Oc3ccccc3)cc1)nn2C1CCC(N2CCN(C3CN(c4ccc(C(=O)NC5CCC(=O)NC5=O)nc4)C3)CC2)CC1. The largest absolute Gasteiger partial charge is 0.457 e. The summed E-state index contributed by atoms with van der Waals surface area (Å²) in [6, 6.07) is 21.8. The lowest BCUT2D eigenvalue weighted by Crippen LogP contribution is -2.64. The van der Waals surface area contributed by atoms with Gasteiger partial charge in [0.15, 0.2) is 5.65 Å². The van der Waals surface area contributed by atoms with Crippen molar-refractivity contribution in [1.29, 1.82) is 0 Å². The van der Waals surface area contributed by atoms with E-state index in [1.54, 1.807) is 12.3 Å². The van der Waals surface area contributed by atoms with Crippen molar-refractivity contribution in [2.75, 3.05) is 49.9 Å². The van der Waals surface area contributed by atoms with Crippen LogP contribution in [0.1, 0.15) is 55.1 Å². The molecule has 1 unspecified atom stereocenters. The first-order valence-electron chi connectivity index (χ1n) is 19.5. The quantitative estimate of drug-likeness (QED) is 0.186. The van der Waals surface area contributed by atoms with Crippen LogP contribution in [-0.2, 0) is 9.59 Å². The van der Waals surface area contributed by atoms with Crippen molar-refractivity contribution in [2.45, 2.75) is 62.7 Å². The molecule has 15 heteroatoms. The van der Waals surface area contributed by atoms with Gasteiger partial charge in [-0.3, -0.25) is 29.5 Å². The highest BCUT2D eigenvalue weighted by Crippen LogP contribution is 2.38. The fraction of sp³-hybridized carbons (Fsp3) is 0.390. The lowest BCUT2D eigenvalue weighted by Gasteiger charge is -2.50. The number of nitrogen functional groups attached to an aromatic ring is 1. The first-order valence-corrected chi connectivity index (χ1v) is 19.5. The molecule has 3 aromatic heterocycles. The van der Waals surface area contributed by atoms with Gasteiger partial charge in [-0.15, -0.1) is 0 Å². The Morgan fingerprint density at radius 3 is 2.18 bits per heavy atom. The van der Waals surface area contributed by atoms with E-state index in [1.807, 2.05) is 60.7 Å². The van der Waals surface area contributed by atoms with Gasteiger partial charge in [-0.05, 0) is 80.6 Å². The van der Waals surface area contributed by atoms with Gasteiger partial charge in [0.1, 0.15) is 41.1 Å². The van der Waals surface area contributed by atoms with Crippen molar-refractivity contribution >= 4 is 40.3 Å². The molecule has 0 radical (unpaired) electrons. The Morgan fingerprint density at radius 2 is 1.48 bits per heavy atom. The van der Waals surface area contributed by atoms with Crippen LogP contribution in [0.25, 0.3) is 22.3 Å². The van der Waals surface area contributed by atoms with Gasteiger partial charge < -0.3 is 20.7 Å². The van der Waals surface area contributed by atoms with E-state index in [0.717, 1.165) is 104 Å². The first kappa shape index (κ1) is 35.8. The number of carbonyl (C=O) groups excluding carboxylic acids is 3. The number of para-hydroxylation sites is 1. The summed E-state index contributed by atoms with van der Waals surface area (Å²) in [4.78, 5) is 57.0. The van der Waals surface area contributed by atoms with Crippen molar-refractivity contribution in [2.24, 2.45) is 0 Å². The van der Waals surface area contributed by atoms with Crippen molar-refractivity contribution in [3.05, 3.63) is 84.9 Å². The Balaban J connectivity index is 0.757. The second-order valence-electron chi connectivity index (χ2n) is 15.2. The first-order chi connectivity index (χ1) is 27.4. The number of fused-ring (bicyclic) bond motifs is 1. The minimum absolute atomic E-state index is 0.207. The highest BCUT2D eigenvalue weighted by Gasteiger charge is 2.37. The van der Waals surface area contributed by atoms with Crippen LogP contribution in [0, 0.1) is 0 Å². The zero-order valence-electron chi connectivity index (χ0n) is 31.1. The van der Waals surface area contributed by atoms with E-state index in [9.17, 15) is 14.4 Å². The number of nitrogens with zero attached hydrogens (tertiary/aromatic N) is 8. The molecule has 3 amide bonds. The summed E-state index contributed by atoms with van der Waals surface area (Å²) in [5, 5.41) is 10.9. The summed E-state index contributed by atoms with van der Waals surface area (Å²) in [7, 11) is 0. The number of imide groups is 1. The predicted molar refractivity (Wildman–Crippen MR) is 210 cm³/mol. The number of anilines is 2. The third-order valence-corrected chi connectivity index (χ3v) is 11.8. The fourth-order valence-corrected chi connectivity index (χ4v) is 8.56. The number of carbonyl (C=O) groups is 3. The van der Waals surface area contributed by atoms with Crippen LogP contribution in [0.15, 0.2) is 79.3 Å². The number of aromatic nitrogens is 5. The summed E-state index contributed by atoms with van der Waals surface area (Å²) >= 11 is 0. The van der Waals surface area contributed by atoms with Crippen LogP contribution in [0.5, 0.6) is 11.5 Å². The minimum Gasteiger partial charge on any atom is -0.457 e. The lowest BCUT2D eigenvalue weighted by molar-refractivity contribution is -0.134. The van der Waals surface area contributed by atoms with Gasteiger partial charge in [0.2, 0.25) is 11.8 Å².